The van der Waals surface area contributed by atoms with Gasteiger partial charge in [0.1, 0.15) is 11.6 Å². The van der Waals surface area contributed by atoms with Crippen LogP contribution in [-0.2, 0) is 14.3 Å². The summed E-state index contributed by atoms with van der Waals surface area (Å²) in [5.74, 6) is -1.29. The van der Waals surface area contributed by atoms with E-state index >= 15 is 0 Å². The zero-order valence-corrected chi connectivity index (χ0v) is 14.5. The van der Waals surface area contributed by atoms with Crippen molar-refractivity contribution in [2.45, 2.75) is 20.0 Å². The number of amides is 1. The maximum Gasteiger partial charge on any atom is 0.344 e. The summed E-state index contributed by atoms with van der Waals surface area (Å²) in [7, 11) is 0. The monoisotopic (exact) mass is 365 g/mol. The molecule has 2 rings (SSSR count). The van der Waals surface area contributed by atoms with E-state index in [-0.39, 0.29) is 6.61 Å². The molecule has 0 radical (unpaired) electrons. The number of halogens is 2. The Labute approximate surface area is 149 Å². The molecule has 1 atom stereocenters. The van der Waals surface area contributed by atoms with Gasteiger partial charge in [0.2, 0.25) is 0 Å². The second kappa shape index (κ2) is 8.48. The average Bonchev–Trinajstić information content (AvgIpc) is 2.57. The Hall–Kier alpha value is -2.60. The fourth-order valence-electron chi connectivity index (χ4n) is 1.92. The summed E-state index contributed by atoms with van der Waals surface area (Å²) >= 11 is 5.97. The summed E-state index contributed by atoms with van der Waals surface area (Å²) in [6.45, 7) is 2.91. The molecule has 0 bridgehead atoms. The smallest absolute Gasteiger partial charge is 0.344 e. The van der Waals surface area contributed by atoms with Gasteiger partial charge in [0, 0.05) is 5.69 Å². The van der Waals surface area contributed by atoms with Crippen LogP contribution in [-0.4, -0.2) is 24.6 Å². The lowest BCUT2D eigenvalue weighted by Gasteiger charge is -2.14. The fourth-order valence-corrected chi connectivity index (χ4v) is 2.09. The van der Waals surface area contributed by atoms with E-state index in [0.717, 1.165) is 5.56 Å². The Balaban J connectivity index is 1.83. The highest BCUT2D eigenvalue weighted by atomic mass is 35.5. The number of ether oxygens (including phenoxy) is 2. The number of benzene rings is 2. The van der Waals surface area contributed by atoms with Crippen molar-refractivity contribution in [1.29, 1.82) is 0 Å². The average molecular weight is 366 g/mol. The Morgan fingerprint density at radius 3 is 2.56 bits per heavy atom. The molecule has 132 valence electrons. The first-order valence-corrected chi connectivity index (χ1v) is 7.88. The van der Waals surface area contributed by atoms with E-state index in [0.29, 0.717) is 16.5 Å². The summed E-state index contributed by atoms with van der Waals surface area (Å²) in [4.78, 5) is 23.8. The first-order chi connectivity index (χ1) is 11.8. The van der Waals surface area contributed by atoms with Gasteiger partial charge in [-0.3, -0.25) is 4.79 Å². The van der Waals surface area contributed by atoms with E-state index in [2.05, 4.69) is 5.32 Å². The first kappa shape index (κ1) is 18.7. The largest absolute Gasteiger partial charge is 0.480 e. The molecule has 5 nitrogen and oxygen atoms in total. The van der Waals surface area contributed by atoms with Gasteiger partial charge in [0.25, 0.3) is 5.91 Å². The van der Waals surface area contributed by atoms with Gasteiger partial charge in [-0.1, -0.05) is 17.7 Å². The molecule has 0 aliphatic heterocycles. The van der Waals surface area contributed by atoms with Crippen LogP contribution in [0.15, 0.2) is 42.5 Å². The highest BCUT2D eigenvalue weighted by molar-refractivity contribution is 6.32. The Kier molecular flexibility index (Phi) is 6.36. The molecule has 0 heterocycles. The van der Waals surface area contributed by atoms with Gasteiger partial charge >= 0.3 is 5.97 Å². The number of hydrogen-bond acceptors (Lipinski definition) is 4. The minimum Gasteiger partial charge on any atom is -0.480 e. The van der Waals surface area contributed by atoms with Crippen molar-refractivity contribution in [3.63, 3.8) is 0 Å². The lowest BCUT2D eigenvalue weighted by Crippen LogP contribution is -2.31. The number of carbonyl (C=O) groups is 2. The van der Waals surface area contributed by atoms with Crippen LogP contribution in [0.5, 0.6) is 5.75 Å². The van der Waals surface area contributed by atoms with E-state index in [4.69, 9.17) is 21.1 Å². The zero-order valence-electron chi connectivity index (χ0n) is 13.7. The van der Waals surface area contributed by atoms with Crippen molar-refractivity contribution in [3.8, 4) is 5.75 Å². The number of nitrogens with one attached hydrogen (secondary N) is 1. The molecule has 1 amide bonds. The number of esters is 1. The maximum atomic E-state index is 12.8. The lowest BCUT2D eigenvalue weighted by atomic mass is 10.2. The quantitative estimate of drug-likeness (QED) is 0.792. The highest BCUT2D eigenvalue weighted by Gasteiger charge is 2.18. The second-order valence-electron chi connectivity index (χ2n) is 5.35. The third-order valence-electron chi connectivity index (χ3n) is 3.22. The number of hydrogen-bond donors (Lipinski definition) is 1. The van der Waals surface area contributed by atoms with Gasteiger partial charge in [0.15, 0.2) is 12.7 Å². The molecule has 2 aromatic rings. The molecule has 1 N–H and O–H groups in total. The summed E-state index contributed by atoms with van der Waals surface area (Å²) in [5.41, 5.74) is 1.33. The summed E-state index contributed by atoms with van der Waals surface area (Å²) in [5, 5.41) is 2.90. The van der Waals surface area contributed by atoms with Gasteiger partial charge < -0.3 is 14.8 Å². The molecule has 0 unspecified atom stereocenters. The van der Waals surface area contributed by atoms with Gasteiger partial charge in [-0.2, -0.15) is 0 Å². The topological polar surface area (TPSA) is 64.6 Å². The van der Waals surface area contributed by atoms with Crippen LogP contribution in [0.3, 0.4) is 0 Å². The molecule has 0 spiro atoms. The zero-order chi connectivity index (χ0) is 18.4. The van der Waals surface area contributed by atoms with Crippen LogP contribution in [0, 0.1) is 12.7 Å². The van der Waals surface area contributed by atoms with Crippen LogP contribution < -0.4 is 10.1 Å². The Bertz CT molecular complexity index is 764. The molecule has 0 fully saturated rings. The van der Waals surface area contributed by atoms with Gasteiger partial charge in [0.05, 0.1) is 5.02 Å². The molecule has 0 aliphatic carbocycles. The van der Waals surface area contributed by atoms with E-state index < -0.39 is 23.8 Å². The number of anilines is 1. The third kappa shape index (κ3) is 5.76. The molecular formula is C18H17ClFNO4. The van der Waals surface area contributed by atoms with E-state index in [1.807, 2.05) is 13.0 Å². The molecule has 0 saturated carbocycles. The molecule has 0 saturated heterocycles. The van der Waals surface area contributed by atoms with Gasteiger partial charge in [-0.05, 0) is 55.8 Å². The highest BCUT2D eigenvalue weighted by Crippen LogP contribution is 2.25. The lowest BCUT2D eigenvalue weighted by molar-refractivity contribution is -0.155. The molecule has 0 aromatic heterocycles. The van der Waals surface area contributed by atoms with Crippen molar-refractivity contribution in [2.24, 2.45) is 0 Å². The second-order valence-corrected chi connectivity index (χ2v) is 5.76. The predicted octanol–water partition coefficient (Wildman–Crippen LogP) is 3.74. The standard InChI is InChI=1S/C18H17ClFNO4/c1-11-3-8-15(19)16(9-11)24-10-17(22)25-12(2)18(23)21-14-6-4-13(20)5-7-14/h3-9,12H,10H2,1-2H3,(H,21,23)/t12-/m1/s1. The number of carbonyl (C=O) groups excluding carboxylic acids is 2. The van der Waals surface area contributed by atoms with Gasteiger partial charge in [-0.25, -0.2) is 9.18 Å². The van der Waals surface area contributed by atoms with Crippen molar-refractivity contribution in [2.75, 3.05) is 11.9 Å². The van der Waals surface area contributed by atoms with Crippen molar-refractivity contribution in [1.82, 2.24) is 0 Å². The van der Waals surface area contributed by atoms with E-state index in [1.165, 1.54) is 31.2 Å². The SMILES string of the molecule is Cc1ccc(Cl)c(OCC(=O)O[C@H](C)C(=O)Nc2ccc(F)cc2)c1. The molecule has 7 heteroatoms. The van der Waals surface area contributed by atoms with E-state index in [1.54, 1.807) is 12.1 Å². The molecule has 25 heavy (non-hydrogen) atoms. The third-order valence-corrected chi connectivity index (χ3v) is 3.53. The maximum absolute atomic E-state index is 12.8. The van der Waals surface area contributed by atoms with Crippen molar-refractivity contribution < 1.29 is 23.5 Å². The van der Waals surface area contributed by atoms with Crippen LogP contribution >= 0.6 is 11.6 Å². The Morgan fingerprint density at radius 1 is 1.20 bits per heavy atom. The summed E-state index contributed by atoms with van der Waals surface area (Å²) in [6, 6.07) is 10.4. The van der Waals surface area contributed by atoms with Crippen molar-refractivity contribution in [3.05, 3.63) is 58.9 Å². The van der Waals surface area contributed by atoms with E-state index in [9.17, 15) is 14.0 Å². The normalized spacial score (nSPS) is 11.5. The van der Waals surface area contributed by atoms with Crippen LogP contribution in [0.25, 0.3) is 0 Å². The molecular weight excluding hydrogens is 349 g/mol. The first-order valence-electron chi connectivity index (χ1n) is 7.50. The van der Waals surface area contributed by atoms with Crippen LogP contribution in [0.1, 0.15) is 12.5 Å². The predicted molar refractivity (Wildman–Crippen MR) is 92.3 cm³/mol. The fraction of sp³-hybridized carbons (Fsp3) is 0.222. The van der Waals surface area contributed by atoms with Crippen LogP contribution in [0.4, 0.5) is 10.1 Å². The summed E-state index contributed by atoms with van der Waals surface area (Å²) in [6.07, 6.45) is -1.03. The number of rotatable bonds is 6. The number of aryl methyl sites for hydroxylation is 1. The summed E-state index contributed by atoms with van der Waals surface area (Å²) < 4.78 is 23.1. The minimum absolute atomic E-state index is 0.363. The van der Waals surface area contributed by atoms with Gasteiger partial charge in [-0.15, -0.1) is 0 Å². The van der Waals surface area contributed by atoms with Crippen LogP contribution in [0.2, 0.25) is 5.02 Å². The molecule has 2 aromatic carbocycles. The van der Waals surface area contributed by atoms with Crippen molar-refractivity contribution >= 4 is 29.2 Å². The Morgan fingerprint density at radius 2 is 1.88 bits per heavy atom. The molecule has 0 aliphatic rings. The minimum atomic E-state index is -1.03.